The number of amides is 1. The standard InChI is InChI=1S/C24H29FN2O2/c1-27-13-5-6-17(23(27)16-9-11-18(29-2)12-10-16)15-26-24(28)21-14-20(21)19-7-3-4-8-22(19)25/h3-4,7-12,17,20-21,23H,5-6,13-15H2,1-2H3,(H,26,28). The summed E-state index contributed by atoms with van der Waals surface area (Å²) in [6.07, 6.45) is 2.95. The van der Waals surface area contributed by atoms with Crippen LogP contribution in [0.2, 0.25) is 0 Å². The maximum absolute atomic E-state index is 14.0. The molecule has 1 heterocycles. The summed E-state index contributed by atoms with van der Waals surface area (Å²) in [5.41, 5.74) is 1.92. The van der Waals surface area contributed by atoms with Gasteiger partial charge in [0.2, 0.25) is 5.91 Å². The number of methoxy groups -OCH3 is 1. The number of carbonyl (C=O) groups is 1. The van der Waals surface area contributed by atoms with Crippen molar-refractivity contribution in [2.24, 2.45) is 11.8 Å². The zero-order valence-corrected chi connectivity index (χ0v) is 17.1. The lowest BCUT2D eigenvalue weighted by Gasteiger charge is -2.39. The van der Waals surface area contributed by atoms with Gasteiger partial charge in [0, 0.05) is 18.5 Å². The van der Waals surface area contributed by atoms with E-state index < -0.39 is 0 Å². The Morgan fingerprint density at radius 1 is 1.21 bits per heavy atom. The highest BCUT2D eigenvalue weighted by molar-refractivity contribution is 5.82. The van der Waals surface area contributed by atoms with E-state index in [1.165, 1.54) is 11.6 Å². The fourth-order valence-electron chi connectivity index (χ4n) is 4.77. The van der Waals surface area contributed by atoms with E-state index in [1.807, 2.05) is 18.2 Å². The van der Waals surface area contributed by atoms with Crippen LogP contribution in [-0.2, 0) is 4.79 Å². The van der Waals surface area contributed by atoms with E-state index in [1.54, 1.807) is 19.2 Å². The SMILES string of the molecule is COc1ccc(C2C(CNC(=O)C3CC3c3ccccc3F)CCCN2C)cc1. The molecule has 29 heavy (non-hydrogen) atoms. The Morgan fingerprint density at radius 2 is 1.97 bits per heavy atom. The molecule has 0 aromatic heterocycles. The molecular formula is C24H29FN2O2. The molecule has 2 aromatic rings. The van der Waals surface area contributed by atoms with Crippen LogP contribution in [0.1, 0.15) is 42.3 Å². The first-order chi connectivity index (χ1) is 14.1. The number of hydrogen-bond acceptors (Lipinski definition) is 3. The lowest BCUT2D eigenvalue weighted by molar-refractivity contribution is -0.122. The molecule has 5 heteroatoms. The van der Waals surface area contributed by atoms with Crippen LogP contribution in [0, 0.1) is 17.7 Å². The number of nitrogens with zero attached hydrogens (tertiary/aromatic N) is 1. The second-order valence-corrected chi connectivity index (χ2v) is 8.32. The van der Waals surface area contributed by atoms with Gasteiger partial charge in [-0.05, 0) is 74.0 Å². The van der Waals surface area contributed by atoms with Crippen LogP contribution in [0.4, 0.5) is 4.39 Å². The first-order valence-corrected chi connectivity index (χ1v) is 10.4. The van der Waals surface area contributed by atoms with Gasteiger partial charge in [-0.15, -0.1) is 0 Å². The number of hydrogen-bond donors (Lipinski definition) is 1. The monoisotopic (exact) mass is 396 g/mol. The summed E-state index contributed by atoms with van der Waals surface area (Å²) in [6, 6.07) is 15.3. The summed E-state index contributed by atoms with van der Waals surface area (Å²) >= 11 is 0. The lowest BCUT2D eigenvalue weighted by atomic mass is 9.85. The molecule has 2 aromatic carbocycles. The normalized spacial score (nSPS) is 26.7. The molecule has 1 amide bonds. The van der Waals surface area contributed by atoms with Gasteiger partial charge in [-0.25, -0.2) is 4.39 Å². The van der Waals surface area contributed by atoms with Gasteiger partial charge in [0.15, 0.2) is 0 Å². The molecule has 0 radical (unpaired) electrons. The Bertz CT molecular complexity index is 854. The van der Waals surface area contributed by atoms with Gasteiger partial charge in [-0.2, -0.15) is 0 Å². The fourth-order valence-corrected chi connectivity index (χ4v) is 4.77. The number of carbonyl (C=O) groups excluding carboxylic acids is 1. The molecule has 154 valence electrons. The van der Waals surface area contributed by atoms with Gasteiger partial charge in [0.25, 0.3) is 0 Å². The summed E-state index contributed by atoms with van der Waals surface area (Å²) < 4.78 is 19.3. The van der Waals surface area contributed by atoms with E-state index in [0.717, 1.165) is 31.6 Å². The number of likely N-dealkylation sites (tertiary alicyclic amines) is 1. The van der Waals surface area contributed by atoms with Gasteiger partial charge in [-0.1, -0.05) is 30.3 Å². The molecule has 0 bridgehead atoms. The minimum atomic E-state index is -0.207. The maximum atomic E-state index is 14.0. The van der Waals surface area contributed by atoms with E-state index in [-0.39, 0.29) is 29.6 Å². The minimum absolute atomic E-state index is 0.0163. The van der Waals surface area contributed by atoms with E-state index >= 15 is 0 Å². The smallest absolute Gasteiger partial charge is 0.223 e. The van der Waals surface area contributed by atoms with Crippen molar-refractivity contribution in [3.8, 4) is 5.75 Å². The molecule has 0 spiro atoms. The second-order valence-electron chi connectivity index (χ2n) is 8.32. The largest absolute Gasteiger partial charge is 0.497 e. The summed E-state index contributed by atoms with van der Waals surface area (Å²) in [6.45, 7) is 1.71. The molecule has 2 fully saturated rings. The van der Waals surface area contributed by atoms with Gasteiger partial charge in [0.05, 0.1) is 7.11 Å². The minimum Gasteiger partial charge on any atom is -0.497 e. The summed E-state index contributed by atoms with van der Waals surface area (Å²) in [5.74, 6) is 0.971. The van der Waals surface area contributed by atoms with Gasteiger partial charge >= 0.3 is 0 Å². The summed E-state index contributed by atoms with van der Waals surface area (Å²) in [5, 5.41) is 3.16. The average Bonchev–Trinajstić information content (AvgIpc) is 3.53. The Morgan fingerprint density at radius 3 is 2.69 bits per heavy atom. The number of piperidine rings is 1. The zero-order chi connectivity index (χ0) is 20.4. The predicted molar refractivity (Wildman–Crippen MR) is 111 cm³/mol. The molecule has 1 saturated carbocycles. The average molecular weight is 397 g/mol. The second kappa shape index (κ2) is 8.54. The summed E-state index contributed by atoms with van der Waals surface area (Å²) in [7, 11) is 3.82. The zero-order valence-electron chi connectivity index (χ0n) is 17.1. The van der Waals surface area contributed by atoms with Crippen LogP contribution < -0.4 is 10.1 Å². The van der Waals surface area contributed by atoms with Crippen molar-refractivity contribution in [2.75, 3.05) is 27.2 Å². The van der Waals surface area contributed by atoms with Crippen LogP contribution in [0.5, 0.6) is 5.75 Å². The Labute approximate surface area is 172 Å². The molecule has 4 nitrogen and oxygen atoms in total. The highest BCUT2D eigenvalue weighted by Crippen LogP contribution is 2.48. The highest BCUT2D eigenvalue weighted by Gasteiger charge is 2.45. The van der Waals surface area contributed by atoms with Crippen molar-refractivity contribution < 1.29 is 13.9 Å². The first-order valence-electron chi connectivity index (χ1n) is 10.4. The number of benzene rings is 2. The molecule has 4 rings (SSSR count). The quantitative estimate of drug-likeness (QED) is 0.798. The van der Waals surface area contributed by atoms with Crippen LogP contribution in [0.3, 0.4) is 0 Å². The van der Waals surface area contributed by atoms with Crippen LogP contribution in [0.25, 0.3) is 0 Å². The van der Waals surface area contributed by atoms with Gasteiger partial charge < -0.3 is 10.1 Å². The Kier molecular flexibility index (Phi) is 5.86. The number of rotatable bonds is 6. The third-order valence-electron chi connectivity index (χ3n) is 6.43. The molecule has 4 atom stereocenters. The van der Waals surface area contributed by atoms with Crippen molar-refractivity contribution in [3.05, 3.63) is 65.5 Å². The summed E-state index contributed by atoms with van der Waals surface area (Å²) in [4.78, 5) is 15.1. The highest BCUT2D eigenvalue weighted by atomic mass is 19.1. The molecule has 1 saturated heterocycles. The van der Waals surface area contributed by atoms with E-state index in [2.05, 4.69) is 29.4 Å². The Balaban J connectivity index is 1.38. The van der Waals surface area contributed by atoms with Gasteiger partial charge in [0.1, 0.15) is 11.6 Å². The molecule has 1 aliphatic heterocycles. The molecule has 1 aliphatic carbocycles. The van der Waals surface area contributed by atoms with Crippen molar-refractivity contribution >= 4 is 5.91 Å². The maximum Gasteiger partial charge on any atom is 0.223 e. The third-order valence-corrected chi connectivity index (χ3v) is 6.43. The predicted octanol–water partition coefficient (Wildman–Crippen LogP) is 4.14. The van der Waals surface area contributed by atoms with Crippen LogP contribution in [0.15, 0.2) is 48.5 Å². The first kappa shape index (κ1) is 19.9. The fraction of sp³-hybridized carbons (Fsp3) is 0.458. The van der Waals surface area contributed by atoms with Crippen LogP contribution >= 0.6 is 0 Å². The number of halogens is 1. The topological polar surface area (TPSA) is 41.6 Å². The van der Waals surface area contributed by atoms with E-state index in [4.69, 9.17) is 4.74 Å². The molecule has 1 N–H and O–H groups in total. The van der Waals surface area contributed by atoms with Crippen molar-refractivity contribution in [3.63, 3.8) is 0 Å². The van der Waals surface area contributed by atoms with Crippen molar-refractivity contribution in [2.45, 2.75) is 31.2 Å². The van der Waals surface area contributed by atoms with Gasteiger partial charge in [-0.3, -0.25) is 9.69 Å². The van der Waals surface area contributed by atoms with Crippen LogP contribution in [-0.4, -0.2) is 38.1 Å². The van der Waals surface area contributed by atoms with E-state index in [9.17, 15) is 9.18 Å². The Hall–Kier alpha value is -2.40. The molecule has 2 aliphatic rings. The third kappa shape index (κ3) is 4.30. The van der Waals surface area contributed by atoms with Crippen molar-refractivity contribution in [1.82, 2.24) is 10.2 Å². The lowest BCUT2D eigenvalue weighted by Crippen LogP contribution is -2.42. The molecular weight excluding hydrogens is 367 g/mol. The molecule has 4 unspecified atom stereocenters. The van der Waals surface area contributed by atoms with E-state index in [0.29, 0.717) is 18.0 Å². The number of ether oxygens (including phenoxy) is 1. The van der Waals surface area contributed by atoms with Crippen molar-refractivity contribution in [1.29, 1.82) is 0 Å². The number of nitrogens with one attached hydrogen (secondary N) is 1.